The number of ketones is 1. The van der Waals surface area contributed by atoms with Crippen LogP contribution in [0, 0.1) is 0 Å². The predicted octanol–water partition coefficient (Wildman–Crippen LogP) is 5.20. The fourth-order valence-corrected chi connectivity index (χ4v) is 2.78. The molecule has 0 bridgehead atoms. The van der Waals surface area contributed by atoms with E-state index in [9.17, 15) is 9.59 Å². The third-order valence-corrected chi connectivity index (χ3v) is 4.46. The number of hydrogen-bond acceptors (Lipinski definition) is 4. The number of esters is 1. The Balaban J connectivity index is 1.54. The quantitative estimate of drug-likeness (QED) is 0.331. The fraction of sp³-hybridized carbons (Fsp3) is 0.200. The zero-order chi connectivity index (χ0) is 20.9. The zero-order valence-corrected chi connectivity index (χ0v) is 16.8. The van der Waals surface area contributed by atoms with E-state index in [-0.39, 0.29) is 17.8 Å². The number of ether oxygens (including phenoxy) is 2. The van der Waals surface area contributed by atoms with E-state index < -0.39 is 5.97 Å². The van der Waals surface area contributed by atoms with Crippen LogP contribution in [0.3, 0.4) is 0 Å². The van der Waals surface area contributed by atoms with Gasteiger partial charge in [-0.25, -0.2) is 4.79 Å². The van der Waals surface area contributed by atoms with Crippen molar-refractivity contribution in [3.05, 3.63) is 95.6 Å². The lowest BCUT2D eigenvalue weighted by Crippen LogP contribution is -2.18. The minimum atomic E-state index is -0.507. The molecular weight excluding hydrogens is 364 g/mol. The Labute approximate surface area is 171 Å². The third-order valence-electron chi connectivity index (χ3n) is 4.46. The maximum absolute atomic E-state index is 12.4. The van der Waals surface area contributed by atoms with E-state index in [1.807, 2.05) is 42.5 Å². The topological polar surface area (TPSA) is 52.6 Å². The first-order valence-corrected chi connectivity index (χ1v) is 9.47. The van der Waals surface area contributed by atoms with Crippen LogP contribution in [0.25, 0.3) is 0 Å². The molecule has 3 aromatic carbocycles. The molecule has 148 valence electrons. The Hall–Kier alpha value is -3.40. The molecule has 0 spiro atoms. The third kappa shape index (κ3) is 5.55. The Morgan fingerprint density at radius 1 is 0.724 bits per heavy atom. The van der Waals surface area contributed by atoms with Crippen LogP contribution in [-0.2, 0) is 10.2 Å². The minimum Gasteiger partial charge on any atom is -0.482 e. The first-order valence-electron chi connectivity index (χ1n) is 9.47. The molecule has 0 saturated heterocycles. The summed E-state index contributed by atoms with van der Waals surface area (Å²) in [4.78, 5) is 24.4. The molecular formula is C25H24O4. The van der Waals surface area contributed by atoms with Crippen molar-refractivity contribution < 1.29 is 19.1 Å². The average Bonchev–Trinajstić information content (AvgIpc) is 2.72. The first-order chi connectivity index (χ1) is 13.8. The summed E-state index contributed by atoms with van der Waals surface area (Å²) in [5.74, 6) is 0.391. The normalized spacial score (nSPS) is 11.0. The van der Waals surface area contributed by atoms with Gasteiger partial charge in [0.1, 0.15) is 11.5 Å². The molecule has 0 aliphatic rings. The van der Waals surface area contributed by atoms with E-state index in [4.69, 9.17) is 9.47 Å². The monoisotopic (exact) mass is 388 g/mol. The van der Waals surface area contributed by atoms with Gasteiger partial charge in [-0.15, -0.1) is 0 Å². The summed E-state index contributed by atoms with van der Waals surface area (Å²) in [7, 11) is 0. The Bertz CT molecular complexity index is 966. The van der Waals surface area contributed by atoms with Crippen LogP contribution < -0.4 is 9.47 Å². The van der Waals surface area contributed by atoms with E-state index in [2.05, 4.69) is 20.8 Å². The van der Waals surface area contributed by atoms with Crippen molar-refractivity contribution in [2.24, 2.45) is 0 Å². The average molecular weight is 388 g/mol. The molecule has 0 atom stereocenters. The predicted molar refractivity (Wildman–Crippen MR) is 113 cm³/mol. The lowest BCUT2D eigenvalue weighted by molar-refractivity contribution is -0.136. The molecule has 4 nitrogen and oxygen atoms in total. The summed E-state index contributed by atoms with van der Waals surface area (Å²) in [6.07, 6.45) is 0. The van der Waals surface area contributed by atoms with Gasteiger partial charge in [-0.1, -0.05) is 63.2 Å². The molecule has 29 heavy (non-hydrogen) atoms. The van der Waals surface area contributed by atoms with Gasteiger partial charge in [0.2, 0.25) is 0 Å². The van der Waals surface area contributed by atoms with Crippen molar-refractivity contribution in [3.8, 4) is 11.5 Å². The van der Waals surface area contributed by atoms with Gasteiger partial charge in [-0.05, 0) is 47.4 Å². The lowest BCUT2D eigenvalue weighted by Gasteiger charge is -2.19. The molecule has 0 fully saturated rings. The first kappa shape index (κ1) is 20.3. The van der Waals surface area contributed by atoms with Gasteiger partial charge in [-0.2, -0.15) is 0 Å². The highest BCUT2D eigenvalue weighted by Crippen LogP contribution is 2.24. The summed E-state index contributed by atoms with van der Waals surface area (Å²) < 4.78 is 10.8. The largest absolute Gasteiger partial charge is 0.482 e. The fourth-order valence-electron chi connectivity index (χ4n) is 2.78. The zero-order valence-electron chi connectivity index (χ0n) is 16.8. The van der Waals surface area contributed by atoms with Gasteiger partial charge in [0.25, 0.3) is 0 Å². The van der Waals surface area contributed by atoms with E-state index >= 15 is 0 Å². The van der Waals surface area contributed by atoms with Gasteiger partial charge in [0.15, 0.2) is 12.4 Å². The molecule has 0 radical (unpaired) electrons. The van der Waals surface area contributed by atoms with E-state index in [1.165, 1.54) is 5.56 Å². The highest BCUT2D eigenvalue weighted by atomic mass is 16.6. The van der Waals surface area contributed by atoms with E-state index in [0.29, 0.717) is 22.6 Å². The molecule has 0 unspecified atom stereocenters. The van der Waals surface area contributed by atoms with Gasteiger partial charge >= 0.3 is 5.97 Å². The van der Waals surface area contributed by atoms with Gasteiger partial charge < -0.3 is 9.47 Å². The van der Waals surface area contributed by atoms with Crippen LogP contribution in [-0.4, -0.2) is 18.4 Å². The van der Waals surface area contributed by atoms with E-state index in [1.54, 1.807) is 36.4 Å². The molecule has 0 aliphatic carbocycles. The number of hydrogen-bond donors (Lipinski definition) is 0. The van der Waals surface area contributed by atoms with Crippen LogP contribution in [0.5, 0.6) is 11.5 Å². The van der Waals surface area contributed by atoms with Crippen LogP contribution in [0.4, 0.5) is 0 Å². The Morgan fingerprint density at radius 3 is 1.86 bits per heavy atom. The summed E-state index contributed by atoms with van der Waals surface area (Å²) >= 11 is 0. The SMILES string of the molecule is CC(C)(C)c1ccc(OCC(=O)Oc2ccc(C(=O)c3ccccc3)cc2)cc1. The van der Waals surface area contributed by atoms with Crippen LogP contribution >= 0.6 is 0 Å². The second-order valence-electron chi connectivity index (χ2n) is 7.76. The molecule has 0 amide bonds. The molecule has 0 heterocycles. The summed E-state index contributed by atoms with van der Waals surface area (Å²) in [6, 6.07) is 23.2. The van der Waals surface area contributed by atoms with Crippen molar-refractivity contribution in [1.82, 2.24) is 0 Å². The van der Waals surface area contributed by atoms with Crippen molar-refractivity contribution in [2.75, 3.05) is 6.61 Å². The second kappa shape index (κ2) is 8.74. The summed E-state index contributed by atoms with van der Waals surface area (Å²) in [5.41, 5.74) is 2.40. The summed E-state index contributed by atoms with van der Waals surface area (Å²) in [5, 5.41) is 0. The number of rotatable bonds is 6. The smallest absolute Gasteiger partial charge is 0.349 e. The molecule has 0 aromatic heterocycles. The highest BCUT2D eigenvalue weighted by Gasteiger charge is 2.14. The Morgan fingerprint density at radius 2 is 1.28 bits per heavy atom. The molecule has 3 aromatic rings. The minimum absolute atomic E-state index is 0.0610. The maximum Gasteiger partial charge on any atom is 0.349 e. The van der Waals surface area contributed by atoms with E-state index in [0.717, 1.165) is 0 Å². The molecule has 3 rings (SSSR count). The van der Waals surface area contributed by atoms with Crippen LogP contribution in [0.1, 0.15) is 42.3 Å². The van der Waals surface area contributed by atoms with Crippen LogP contribution in [0.15, 0.2) is 78.9 Å². The number of carbonyl (C=O) groups excluding carboxylic acids is 2. The standard InChI is InChI=1S/C25H24O4/c1-25(2,3)20-11-15-21(16-12-20)28-17-23(26)29-22-13-9-19(10-14-22)24(27)18-7-5-4-6-8-18/h4-16H,17H2,1-3H3. The van der Waals surface area contributed by atoms with Crippen molar-refractivity contribution in [3.63, 3.8) is 0 Å². The van der Waals surface area contributed by atoms with Crippen molar-refractivity contribution in [1.29, 1.82) is 0 Å². The van der Waals surface area contributed by atoms with Crippen molar-refractivity contribution in [2.45, 2.75) is 26.2 Å². The van der Waals surface area contributed by atoms with Crippen LogP contribution in [0.2, 0.25) is 0 Å². The number of carbonyl (C=O) groups is 2. The van der Waals surface area contributed by atoms with Gasteiger partial charge in [0, 0.05) is 11.1 Å². The number of benzene rings is 3. The lowest BCUT2D eigenvalue weighted by atomic mass is 9.87. The Kier molecular flexibility index (Phi) is 6.13. The maximum atomic E-state index is 12.4. The second-order valence-corrected chi connectivity index (χ2v) is 7.76. The summed E-state index contributed by atoms with van der Waals surface area (Å²) in [6.45, 7) is 6.22. The molecule has 0 aliphatic heterocycles. The van der Waals surface area contributed by atoms with Gasteiger partial charge in [-0.3, -0.25) is 4.79 Å². The molecule has 4 heteroatoms. The molecule has 0 saturated carbocycles. The highest BCUT2D eigenvalue weighted by molar-refractivity contribution is 6.09. The van der Waals surface area contributed by atoms with Crippen molar-refractivity contribution >= 4 is 11.8 Å². The molecule has 0 N–H and O–H groups in total. The van der Waals surface area contributed by atoms with Gasteiger partial charge in [0.05, 0.1) is 0 Å².